The molecule has 0 bridgehead atoms. The fourth-order valence-electron chi connectivity index (χ4n) is 3.20. The maximum atomic E-state index is 10.1. The van der Waals surface area contributed by atoms with Gasteiger partial charge >= 0.3 is 0 Å². The molecule has 4 heteroatoms. The Bertz CT molecular complexity index is 736. The molecule has 0 unspecified atom stereocenters. The summed E-state index contributed by atoms with van der Waals surface area (Å²) in [5.41, 5.74) is 3.74. The number of fused-ring (bicyclic) bond motifs is 1. The highest BCUT2D eigenvalue weighted by molar-refractivity contribution is 6.21. The number of rotatable bonds is 2. The van der Waals surface area contributed by atoms with Gasteiger partial charge in [-0.1, -0.05) is 31.0 Å². The fourth-order valence-corrected chi connectivity index (χ4v) is 3.20. The molecule has 2 N–H and O–H groups in total. The number of aromatic hydroxyl groups is 1. The Balaban J connectivity index is 1.69. The zero-order valence-corrected chi connectivity index (χ0v) is 11.7. The van der Waals surface area contributed by atoms with E-state index in [4.69, 9.17) is 0 Å². The lowest BCUT2D eigenvalue weighted by Gasteiger charge is -2.02. The van der Waals surface area contributed by atoms with Crippen LogP contribution in [0.4, 0.5) is 5.69 Å². The summed E-state index contributed by atoms with van der Waals surface area (Å²) in [6.45, 7) is 0. The van der Waals surface area contributed by atoms with Crippen molar-refractivity contribution in [2.75, 3.05) is 0 Å². The van der Waals surface area contributed by atoms with Crippen LogP contribution in [0.1, 0.15) is 48.7 Å². The van der Waals surface area contributed by atoms with E-state index in [0.29, 0.717) is 11.6 Å². The molecule has 2 aliphatic rings. The van der Waals surface area contributed by atoms with Gasteiger partial charge in [0, 0.05) is 23.3 Å². The fraction of sp³-hybridized carbons (Fsp3) is 0.294. The topological polar surface area (TPSA) is 61.3 Å². The molecule has 0 atom stereocenters. The van der Waals surface area contributed by atoms with E-state index in [-0.39, 0.29) is 5.88 Å². The molecule has 0 radical (unpaired) electrons. The second-order valence-corrected chi connectivity index (χ2v) is 5.72. The third-order valence-corrected chi connectivity index (χ3v) is 4.33. The largest absolute Gasteiger partial charge is 0.492 e. The first kappa shape index (κ1) is 12.4. The van der Waals surface area contributed by atoms with E-state index in [0.717, 1.165) is 35.5 Å². The van der Waals surface area contributed by atoms with Gasteiger partial charge in [0.15, 0.2) is 0 Å². The Morgan fingerprint density at radius 1 is 1.19 bits per heavy atom. The van der Waals surface area contributed by atoms with Crippen molar-refractivity contribution >= 4 is 23.6 Å². The minimum atomic E-state index is 0.0854. The lowest BCUT2D eigenvalue weighted by atomic mass is 10.1. The van der Waals surface area contributed by atoms with E-state index in [1.54, 1.807) is 0 Å². The highest BCUT2D eigenvalue weighted by Crippen LogP contribution is 2.36. The minimum Gasteiger partial charge on any atom is -0.492 e. The molecule has 1 fully saturated rings. The smallest absolute Gasteiger partial charge is 0.237 e. The second kappa shape index (κ2) is 4.88. The van der Waals surface area contributed by atoms with Gasteiger partial charge in [-0.3, -0.25) is 4.99 Å². The molecule has 0 saturated heterocycles. The van der Waals surface area contributed by atoms with Gasteiger partial charge in [-0.05, 0) is 25.0 Å². The molecule has 4 nitrogen and oxygen atoms in total. The average molecular weight is 279 g/mol. The van der Waals surface area contributed by atoms with Gasteiger partial charge in [-0.2, -0.15) is 4.98 Å². The first-order valence-corrected chi connectivity index (χ1v) is 7.45. The van der Waals surface area contributed by atoms with Gasteiger partial charge in [0.1, 0.15) is 11.5 Å². The Labute approximate surface area is 123 Å². The molecule has 0 amide bonds. The SMILES string of the molecule is Oc1nc(C2CCCC2)[nH]c1/C=C1\C=Nc2ccccc21. The number of aromatic nitrogens is 2. The van der Waals surface area contributed by atoms with Crippen molar-refractivity contribution in [2.24, 2.45) is 4.99 Å². The molecule has 21 heavy (non-hydrogen) atoms. The monoisotopic (exact) mass is 279 g/mol. The van der Waals surface area contributed by atoms with Crippen molar-refractivity contribution in [3.63, 3.8) is 0 Å². The molecule has 106 valence electrons. The van der Waals surface area contributed by atoms with Crippen molar-refractivity contribution in [3.05, 3.63) is 41.3 Å². The summed E-state index contributed by atoms with van der Waals surface area (Å²) >= 11 is 0. The van der Waals surface area contributed by atoms with Crippen LogP contribution in [-0.2, 0) is 0 Å². The third-order valence-electron chi connectivity index (χ3n) is 4.33. The first-order valence-electron chi connectivity index (χ1n) is 7.45. The van der Waals surface area contributed by atoms with Crippen LogP contribution >= 0.6 is 0 Å². The molecule has 2 heterocycles. The third kappa shape index (κ3) is 2.17. The van der Waals surface area contributed by atoms with Crippen LogP contribution in [-0.4, -0.2) is 21.3 Å². The molecule has 1 aliphatic heterocycles. The van der Waals surface area contributed by atoms with Crippen molar-refractivity contribution in [3.8, 4) is 5.88 Å². The molecule has 2 aromatic rings. The van der Waals surface area contributed by atoms with E-state index in [9.17, 15) is 5.11 Å². The summed E-state index contributed by atoms with van der Waals surface area (Å²) in [6, 6.07) is 8.01. The standard InChI is InChI=1S/C17H17N3O/c21-17-15(19-16(20-17)11-5-1-2-6-11)9-12-10-18-14-8-4-3-7-13(12)14/h3-4,7-11,21H,1-2,5-6H2,(H,19,20)/b12-9+. The number of benzene rings is 1. The van der Waals surface area contributed by atoms with Gasteiger partial charge in [0.05, 0.1) is 5.69 Å². The molecule has 1 aliphatic carbocycles. The van der Waals surface area contributed by atoms with E-state index in [2.05, 4.69) is 15.0 Å². The minimum absolute atomic E-state index is 0.0854. The Hall–Kier alpha value is -2.36. The van der Waals surface area contributed by atoms with Gasteiger partial charge in [-0.15, -0.1) is 0 Å². The molecular formula is C17H17N3O. The molecule has 1 aromatic heterocycles. The number of aromatic amines is 1. The number of nitrogens with zero attached hydrogens (tertiary/aromatic N) is 2. The summed E-state index contributed by atoms with van der Waals surface area (Å²) in [6.07, 6.45) is 8.59. The molecule has 1 saturated carbocycles. The van der Waals surface area contributed by atoms with Crippen LogP contribution in [0.2, 0.25) is 0 Å². The number of hydrogen-bond acceptors (Lipinski definition) is 3. The summed E-state index contributed by atoms with van der Waals surface area (Å²) < 4.78 is 0. The zero-order valence-electron chi connectivity index (χ0n) is 11.7. The van der Waals surface area contributed by atoms with Crippen molar-refractivity contribution in [2.45, 2.75) is 31.6 Å². The molecular weight excluding hydrogens is 262 g/mol. The Kier molecular flexibility index (Phi) is 2.88. The number of aliphatic imine (C=N–C) groups is 1. The van der Waals surface area contributed by atoms with Crippen LogP contribution in [0.5, 0.6) is 5.88 Å². The summed E-state index contributed by atoms with van der Waals surface area (Å²) in [5, 5.41) is 10.1. The number of allylic oxidation sites excluding steroid dienone is 1. The van der Waals surface area contributed by atoms with E-state index in [1.165, 1.54) is 12.8 Å². The Morgan fingerprint density at radius 3 is 2.86 bits per heavy atom. The number of imidazole rings is 1. The van der Waals surface area contributed by atoms with Crippen LogP contribution in [0.3, 0.4) is 0 Å². The van der Waals surface area contributed by atoms with E-state index < -0.39 is 0 Å². The highest BCUT2D eigenvalue weighted by Gasteiger charge is 2.22. The van der Waals surface area contributed by atoms with Crippen molar-refractivity contribution < 1.29 is 5.11 Å². The zero-order chi connectivity index (χ0) is 14.2. The lowest BCUT2D eigenvalue weighted by molar-refractivity contribution is 0.453. The summed E-state index contributed by atoms with van der Waals surface area (Å²) in [5.74, 6) is 1.47. The molecule has 1 aromatic carbocycles. The Morgan fingerprint density at radius 2 is 2.00 bits per heavy atom. The van der Waals surface area contributed by atoms with Gasteiger partial charge < -0.3 is 10.1 Å². The molecule has 4 rings (SSSR count). The maximum Gasteiger partial charge on any atom is 0.237 e. The predicted molar refractivity (Wildman–Crippen MR) is 83.9 cm³/mol. The number of para-hydroxylation sites is 1. The quantitative estimate of drug-likeness (QED) is 0.871. The number of H-pyrrole nitrogens is 1. The van der Waals surface area contributed by atoms with Crippen molar-refractivity contribution in [1.82, 2.24) is 9.97 Å². The number of nitrogens with one attached hydrogen (secondary N) is 1. The van der Waals surface area contributed by atoms with E-state index in [1.807, 2.05) is 36.6 Å². The van der Waals surface area contributed by atoms with Gasteiger partial charge in [0.25, 0.3) is 0 Å². The average Bonchev–Trinajstić information content (AvgIpc) is 3.21. The van der Waals surface area contributed by atoms with Gasteiger partial charge in [0.2, 0.25) is 5.88 Å². The van der Waals surface area contributed by atoms with Crippen LogP contribution in [0.25, 0.3) is 11.6 Å². The van der Waals surface area contributed by atoms with Crippen molar-refractivity contribution in [1.29, 1.82) is 0 Å². The molecule has 0 spiro atoms. The summed E-state index contributed by atoms with van der Waals surface area (Å²) in [4.78, 5) is 12.0. The predicted octanol–water partition coefficient (Wildman–Crippen LogP) is 4.03. The lowest BCUT2D eigenvalue weighted by Crippen LogP contribution is -1.94. The highest BCUT2D eigenvalue weighted by atomic mass is 16.3. The van der Waals surface area contributed by atoms with Crippen LogP contribution in [0.15, 0.2) is 29.3 Å². The number of hydrogen-bond donors (Lipinski definition) is 2. The van der Waals surface area contributed by atoms with E-state index >= 15 is 0 Å². The van der Waals surface area contributed by atoms with Crippen LogP contribution in [0, 0.1) is 0 Å². The normalized spacial score (nSPS) is 19.5. The summed E-state index contributed by atoms with van der Waals surface area (Å²) in [7, 11) is 0. The van der Waals surface area contributed by atoms with Gasteiger partial charge in [-0.25, -0.2) is 0 Å². The first-order chi connectivity index (χ1) is 10.3. The maximum absolute atomic E-state index is 10.1. The second-order valence-electron chi connectivity index (χ2n) is 5.72. The van der Waals surface area contributed by atoms with Crippen LogP contribution < -0.4 is 0 Å².